The van der Waals surface area contributed by atoms with Gasteiger partial charge >= 0.3 is 0 Å². The van der Waals surface area contributed by atoms with Crippen molar-refractivity contribution in [2.24, 2.45) is 0 Å². The van der Waals surface area contributed by atoms with Gasteiger partial charge < -0.3 is 15.4 Å². The second-order valence-electron chi connectivity index (χ2n) is 5.66. The Morgan fingerprint density at radius 1 is 1.45 bits per heavy atom. The van der Waals surface area contributed by atoms with Crippen molar-refractivity contribution in [1.82, 2.24) is 15.6 Å². The summed E-state index contributed by atoms with van der Waals surface area (Å²) < 4.78 is 6.21. The zero-order chi connectivity index (χ0) is 13.8. The molecule has 5 nitrogen and oxygen atoms in total. The highest BCUT2D eigenvalue weighted by atomic mass is 16.5. The number of ether oxygens (including phenoxy) is 1. The van der Waals surface area contributed by atoms with Gasteiger partial charge in [-0.25, -0.2) is 0 Å². The largest absolute Gasteiger partial charge is 0.370 e. The van der Waals surface area contributed by atoms with Crippen LogP contribution in [0.4, 0.5) is 0 Å². The molecule has 2 aliphatic heterocycles. The molecule has 0 unspecified atom stereocenters. The number of carbonyl (C=O) groups excluding carboxylic acids is 1. The van der Waals surface area contributed by atoms with Gasteiger partial charge in [-0.05, 0) is 50.9 Å². The third kappa shape index (κ3) is 2.99. The highest BCUT2D eigenvalue weighted by Gasteiger charge is 2.40. The van der Waals surface area contributed by atoms with Crippen molar-refractivity contribution < 1.29 is 9.53 Å². The van der Waals surface area contributed by atoms with Gasteiger partial charge in [0.15, 0.2) is 0 Å². The van der Waals surface area contributed by atoms with Crippen LogP contribution in [0.2, 0.25) is 0 Å². The van der Waals surface area contributed by atoms with Crippen LogP contribution in [-0.4, -0.2) is 42.2 Å². The van der Waals surface area contributed by atoms with Crippen LogP contribution in [0.15, 0.2) is 24.5 Å². The molecule has 2 aliphatic rings. The molecule has 2 fully saturated rings. The first-order valence-corrected chi connectivity index (χ1v) is 7.34. The number of piperidine rings is 1. The average Bonchev–Trinajstić information content (AvgIpc) is 2.89. The molecule has 3 rings (SSSR count). The maximum Gasteiger partial charge on any atom is 0.252 e. The summed E-state index contributed by atoms with van der Waals surface area (Å²) in [6.45, 7) is 2.66. The van der Waals surface area contributed by atoms with Crippen LogP contribution in [-0.2, 0) is 4.74 Å². The molecule has 5 heteroatoms. The first-order valence-electron chi connectivity index (χ1n) is 7.34. The van der Waals surface area contributed by atoms with Gasteiger partial charge in [-0.1, -0.05) is 0 Å². The van der Waals surface area contributed by atoms with Crippen molar-refractivity contribution >= 4 is 5.91 Å². The molecule has 0 saturated carbocycles. The topological polar surface area (TPSA) is 63.2 Å². The molecule has 0 bridgehead atoms. The zero-order valence-corrected chi connectivity index (χ0v) is 11.6. The molecule has 2 N–H and O–H groups in total. The van der Waals surface area contributed by atoms with Crippen molar-refractivity contribution in [2.45, 2.75) is 37.4 Å². The Bertz CT molecular complexity index is 457. The normalized spacial score (nSPS) is 24.7. The van der Waals surface area contributed by atoms with E-state index in [-0.39, 0.29) is 17.6 Å². The van der Waals surface area contributed by atoms with Crippen molar-refractivity contribution in [1.29, 1.82) is 0 Å². The minimum atomic E-state index is -0.0760. The number of nitrogens with one attached hydrogen (secondary N) is 2. The molecule has 1 amide bonds. The smallest absolute Gasteiger partial charge is 0.252 e. The summed E-state index contributed by atoms with van der Waals surface area (Å²) in [5, 5.41) is 6.31. The lowest BCUT2D eigenvalue weighted by molar-refractivity contribution is -0.0576. The Balaban J connectivity index is 1.49. The van der Waals surface area contributed by atoms with Crippen molar-refractivity contribution in [2.75, 3.05) is 19.6 Å². The number of pyridine rings is 1. The van der Waals surface area contributed by atoms with E-state index in [2.05, 4.69) is 15.6 Å². The van der Waals surface area contributed by atoms with E-state index >= 15 is 0 Å². The SMILES string of the molecule is O=C(NC[C@H]1CCC2(CCNCC2)O1)c1cccnc1. The average molecular weight is 275 g/mol. The van der Waals surface area contributed by atoms with Gasteiger partial charge in [-0.15, -0.1) is 0 Å². The highest BCUT2D eigenvalue weighted by Crippen LogP contribution is 2.36. The molecule has 0 aromatic carbocycles. The summed E-state index contributed by atoms with van der Waals surface area (Å²) in [5.74, 6) is -0.0760. The molecular weight excluding hydrogens is 254 g/mol. The van der Waals surface area contributed by atoms with Crippen molar-refractivity contribution in [3.63, 3.8) is 0 Å². The number of nitrogens with zero attached hydrogens (tertiary/aromatic N) is 1. The van der Waals surface area contributed by atoms with Crippen LogP contribution in [0.25, 0.3) is 0 Å². The minimum absolute atomic E-state index is 0.0644. The number of amides is 1. The summed E-state index contributed by atoms with van der Waals surface area (Å²) in [6.07, 6.45) is 7.71. The summed E-state index contributed by atoms with van der Waals surface area (Å²) in [5.41, 5.74) is 0.664. The van der Waals surface area contributed by atoms with E-state index in [0.29, 0.717) is 12.1 Å². The van der Waals surface area contributed by atoms with Gasteiger partial charge in [0.2, 0.25) is 0 Å². The molecule has 0 radical (unpaired) electrons. The second-order valence-corrected chi connectivity index (χ2v) is 5.66. The number of hydrogen-bond donors (Lipinski definition) is 2. The fourth-order valence-electron chi connectivity index (χ4n) is 3.10. The maximum atomic E-state index is 12.0. The molecule has 1 aromatic rings. The molecule has 3 heterocycles. The van der Waals surface area contributed by atoms with Gasteiger partial charge in [0.25, 0.3) is 5.91 Å². The van der Waals surface area contributed by atoms with Gasteiger partial charge in [0.1, 0.15) is 0 Å². The van der Waals surface area contributed by atoms with E-state index in [1.165, 1.54) is 0 Å². The van der Waals surface area contributed by atoms with E-state index < -0.39 is 0 Å². The third-order valence-corrected chi connectivity index (χ3v) is 4.27. The first kappa shape index (κ1) is 13.5. The molecule has 1 spiro atoms. The van der Waals surface area contributed by atoms with E-state index in [0.717, 1.165) is 38.8 Å². The Morgan fingerprint density at radius 3 is 3.05 bits per heavy atom. The summed E-state index contributed by atoms with van der Waals surface area (Å²) in [4.78, 5) is 15.9. The monoisotopic (exact) mass is 275 g/mol. The van der Waals surface area contributed by atoms with Crippen LogP contribution in [0.3, 0.4) is 0 Å². The van der Waals surface area contributed by atoms with Gasteiger partial charge in [-0.2, -0.15) is 0 Å². The van der Waals surface area contributed by atoms with E-state index in [9.17, 15) is 4.79 Å². The molecule has 2 saturated heterocycles. The maximum absolute atomic E-state index is 12.0. The van der Waals surface area contributed by atoms with E-state index in [1.807, 2.05) is 0 Å². The lowest BCUT2D eigenvalue weighted by Crippen LogP contribution is -2.43. The fraction of sp³-hybridized carbons (Fsp3) is 0.600. The van der Waals surface area contributed by atoms with E-state index in [4.69, 9.17) is 4.74 Å². The second kappa shape index (κ2) is 5.89. The van der Waals surface area contributed by atoms with Crippen molar-refractivity contribution in [3.8, 4) is 0 Å². The third-order valence-electron chi connectivity index (χ3n) is 4.27. The Kier molecular flexibility index (Phi) is 3.98. The van der Waals surface area contributed by atoms with Crippen LogP contribution in [0.5, 0.6) is 0 Å². The standard InChI is InChI=1S/C15H21N3O2/c19-14(12-2-1-7-17-10-12)18-11-13-3-4-15(20-13)5-8-16-9-6-15/h1-2,7,10,13,16H,3-6,8-9,11H2,(H,18,19)/t13-/m1/s1. The fourth-order valence-corrected chi connectivity index (χ4v) is 3.10. The molecule has 20 heavy (non-hydrogen) atoms. The van der Waals surface area contributed by atoms with Gasteiger partial charge in [0, 0.05) is 18.9 Å². The number of rotatable bonds is 3. The van der Waals surface area contributed by atoms with Gasteiger partial charge in [0.05, 0.1) is 17.3 Å². The molecular formula is C15H21N3O2. The predicted octanol–water partition coefficient (Wildman–Crippen LogP) is 1.11. The number of carbonyl (C=O) groups is 1. The van der Waals surface area contributed by atoms with Crippen LogP contribution >= 0.6 is 0 Å². The molecule has 1 aromatic heterocycles. The lowest BCUT2D eigenvalue weighted by Gasteiger charge is -2.33. The molecule has 1 atom stereocenters. The van der Waals surface area contributed by atoms with Crippen LogP contribution in [0.1, 0.15) is 36.0 Å². The number of hydrogen-bond acceptors (Lipinski definition) is 4. The van der Waals surface area contributed by atoms with Crippen molar-refractivity contribution in [3.05, 3.63) is 30.1 Å². The summed E-state index contributed by atoms with van der Waals surface area (Å²) >= 11 is 0. The lowest BCUT2D eigenvalue weighted by atomic mass is 9.89. The summed E-state index contributed by atoms with van der Waals surface area (Å²) in [7, 11) is 0. The highest BCUT2D eigenvalue weighted by molar-refractivity contribution is 5.93. The summed E-state index contributed by atoms with van der Waals surface area (Å²) in [6, 6.07) is 3.54. The first-order chi connectivity index (χ1) is 9.77. The zero-order valence-electron chi connectivity index (χ0n) is 11.6. The van der Waals surface area contributed by atoms with Crippen LogP contribution < -0.4 is 10.6 Å². The Hall–Kier alpha value is -1.46. The number of aromatic nitrogens is 1. The Labute approximate surface area is 119 Å². The van der Waals surface area contributed by atoms with Gasteiger partial charge in [-0.3, -0.25) is 9.78 Å². The molecule has 0 aliphatic carbocycles. The molecule has 108 valence electrons. The van der Waals surface area contributed by atoms with E-state index in [1.54, 1.807) is 24.5 Å². The quantitative estimate of drug-likeness (QED) is 0.867. The Morgan fingerprint density at radius 2 is 2.30 bits per heavy atom. The van der Waals surface area contributed by atoms with Crippen LogP contribution in [0, 0.1) is 0 Å². The minimum Gasteiger partial charge on any atom is -0.370 e. The predicted molar refractivity (Wildman–Crippen MR) is 75.5 cm³/mol.